The Labute approximate surface area is 186 Å². The molecule has 6 atom stereocenters. The standard InChI is InChI=1S/C10H15F2N2O13P3S2/c11-3-10(16)6(15)5(25-8(10)14-1-4(12)7(31)13-9(14)32)2-24-29(20,21)27-30(22,23)26-28(17,18)19/h1,5-6,8,15-16H,2-3H2,(H,20,21)(H,22,23)(H,13,31,32)(H2,17,18,19)/t5-,6?,8-,10-/m1/s1. The van der Waals surface area contributed by atoms with Crippen LogP contribution in [0.5, 0.6) is 0 Å². The van der Waals surface area contributed by atoms with Gasteiger partial charge in [0.15, 0.2) is 22.4 Å². The molecule has 15 nitrogen and oxygen atoms in total. The fourth-order valence-electron chi connectivity index (χ4n) is 2.51. The van der Waals surface area contributed by atoms with E-state index in [-0.39, 0.29) is 4.77 Å². The normalized spacial score (nSPS) is 30.1. The number of aromatic nitrogens is 2. The van der Waals surface area contributed by atoms with Gasteiger partial charge >= 0.3 is 23.5 Å². The maximum Gasteiger partial charge on any atom is 0.490 e. The zero-order valence-corrected chi connectivity index (χ0v) is 19.4. The minimum Gasteiger partial charge on any atom is -0.387 e. The van der Waals surface area contributed by atoms with E-state index in [1.54, 1.807) is 0 Å². The number of phosphoric acid groups is 3. The predicted molar refractivity (Wildman–Crippen MR) is 101 cm³/mol. The van der Waals surface area contributed by atoms with Crippen LogP contribution in [0.15, 0.2) is 6.20 Å². The van der Waals surface area contributed by atoms with Crippen molar-refractivity contribution < 1.29 is 70.1 Å². The minimum atomic E-state index is -5.81. The minimum absolute atomic E-state index is 0.353. The van der Waals surface area contributed by atoms with Crippen LogP contribution >= 0.6 is 47.9 Å². The Kier molecular flexibility index (Phi) is 8.49. The molecule has 184 valence electrons. The Morgan fingerprint density at radius 3 is 2.31 bits per heavy atom. The highest BCUT2D eigenvalue weighted by molar-refractivity contribution is 7.72. The monoisotopic (exact) mass is 566 g/mol. The average Bonchev–Trinajstić information content (AvgIpc) is 2.85. The molecule has 2 heterocycles. The van der Waals surface area contributed by atoms with Gasteiger partial charge in [0.1, 0.15) is 23.5 Å². The molecule has 0 spiro atoms. The Hall–Kier alpha value is -0.330. The number of H-pyrrole nitrogens is 1. The van der Waals surface area contributed by atoms with Crippen LogP contribution in [0.4, 0.5) is 8.78 Å². The Morgan fingerprint density at radius 2 is 1.78 bits per heavy atom. The summed E-state index contributed by atoms with van der Waals surface area (Å²) < 4.78 is 77.5. The lowest BCUT2D eigenvalue weighted by Gasteiger charge is -2.29. The van der Waals surface area contributed by atoms with Gasteiger partial charge in [-0.15, -0.1) is 0 Å². The molecular weight excluding hydrogens is 551 g/mol. The highest BCUT2D eigenvalue weighted by Crippen LogP contribution is 2.66. The van der Waals surface area contributed by atoms with Gasteiger partial charge in [-0.1, -0.05) is 12.2 Å². The Morgan fingerprint density at radius 1 is 1.19 bits per heavy atom. The lowest BCUT2D eigenvalue weighted by Crippen LogP contribution is -2.49. The van der Waals surface area contributed by atoms with Gasteiger partial charge in [-0.3, -0.25) is 9.09 Å². The Bertz CT molecular complexity index is 1130. The van der Waals surface area contributed by atoms with E-state index < -0.39 is 71.2 Å². The molecule has 1 aliphatic rings. The first-order valence-electron chi connectivity index (χ1n) is 7.82. The molecule has 1 fully saturated rings. The highest BCUT2D eigenvalue weighted by Gasteiger charge is 2.57. The van der Waals surface area contributed by atoms with Gasteiger partial charge in [-0.05, 0) is 12.2 Å². The summed E-state index contributed by atoms with van der Waals surface area (Å²) in [4.78, 5) is 37.7. The molecule has 2 rings (SSSR count). The van der Waals surface area contributed by atoms with Crippen molar-refractivity contribution in [2.24, 2.45) is 0 Å². The van der Waals surface area contributed by atoms with Crippen LogP contribution in [0, 0.1) is 15.2 Å². The van der Waals surface area contributed by atoms with Gasteiger partial charge in [0, 0.05) is 6.20 Å². The molecular formula is C10H15F2N2O13P3S2. The van der Waals surface area contributed by atoms with Crippen molar-refractivity contribution in [2.75, 3.05) is 13.3 Å². The summed E-state index contributed by atoms with van der Waals surface area (Å²) in [5, 5.41) is 20.7. The van der Waals surface area contributed by atoms with E-state index in [1.807, 2.05) is 0 Å². The number of ether oxygens (including phenoxy) is 1. The number of aliphatic hydroxyl groups is 2. The fraction of sp³-hybridized carbons (Fsp3) is 0.600. The number of phosphoric ester groups is 1. The van der Waals surface area contributed by atoms with Crippen molar-refractivity contribution in [3.05, 3.63) is 21.4 Å². The number of nitrogens with one attached hydrogen (secondary N) is 1. The number of hydrogen-bond donors (Lipinski definition) is 7. The SMILES string of the molecule is O=P(O)(O)OP(=O)(O)OP(=O)(O)OC[C@H]1O[C@@H](n2cc(F)c(=S)[nH]c2=S)[C@@](O)(CF)C1O. The lowest BCUT2D eigenvalue weighted by atomic mass is 9.95. The third kappa shape index (κ3) is 6.63. The predicted octanol–water partition coefficient (Wildman–Crippen LogP) is 0.716. The van der Waals surface area contributed by atoms with Crippen LogP contribution in [-0.4, -0.2) is 70.4 Å². The molecule has 0 aliphatic carbocycles. The third-order valence-corrected chi connectivity index (χ3v) is 8.22. The van der Waals surface area contributed by atoms with E-state index in [0.717, 1.165) is 0 Å². The molecule has 0 aromatic carbocycles. The van der Waals surface area contributed by atoms with Gasteiger partial charge in [0.2, 0.25) is 0 Å². The van der Waals surface area contributed by atoms with Gasteiger partial charge < -0.3 is 39.5 Å². The van der Waals surface area contributed by atoms with E-state index in [4.69, 9.17) is 31.6 Å². The molecule has 1 saturated heterocycles. The number of hydrogen-bond acceptors (Lipinski definition) is 11. The van der Waals surface area contributed by atoms with Crippen LogP contribution < -0.4 is 0 Å². The van der Waals surface area contributed by atoms with Crippen molar-refractivity contribution in [3.63, 3.8) is 0 Å². The average molecular weight is 566 g/mol. The van der Waals surface area contributed by atoms with Crippen LogP contribution in [0.1, 0.15) is 6.23 Å². The van der Waals surface area contributed by atoms with Gasteiger partial charge in [-0.2, -0.15) is 8.62 Å². The smallest absolute Gasteiger partial charge is 0.387 e. The second-order valence-electron chi connectivity index (χ2n) is 6.13. The molecule has 1 aromatic heterocycles. The van der Waals surface area contributed by atoms with Crippen LogP contribution in [0.3, 0.4) is 0 Å². The Balaban J connectivity index is 2.22. The van der Waals surface area contributed by atoms with Crippen molar-refractivity contribution in [1.29, 1.82) is 0 Å². The van der Waals surface area contributed by atoms with E-state index in [0.29, 0.717) is 10.8 Å². The molecule has 0 amide bonds. The molecule has 0 bridgehead atoms. The van der Waals surface area contributed by atoms with E-state index in [2.05, 4.69) is 30.3 Å². The summed E-state index contributed by atoms with van der Waals surface area (Å²) in [5.41, 5.74) is -2.77. The molecule has 7 N–H and O–H groups in total. The van der Waals surface area contributed by atoms with E-state index >= 15 is 0 Å². The van der Waals surface area contributed by atoms with Crippen molar-refractivity contribution in [1.82, 2.24) is 9.55 Å². The lowest BCUT2D eigenvalue weighted by molar-refractivity contribution is -0.121. The summed E-state index contributed by atoms with van der Waals surface area (Å²) in [6, 6.07) is 0. The molecule has 22 heteroatoms. The topological polar surface area (TPSA) is 230 Å². The van der Waals surface area contributed by atoms with Crippen LogP contribution in [-0.2, 0) is 31.6 Å². The van der Waals surface area contributed by atoms with Crippen molar-refractivity contribution in [3.8, 4) is 0 Å². The summed E-state index contributed by atoms with van der Waals surface area (Å²) in [7, 11) is -17.0. The maximum absolute atomic E-state index is 13.8. The highest BCUT2D eigenvalue weighted by atomic mass is 32.1. The van der Waals surface area contributed by atoms with Crippen molar-refractivity contribution >= 4 is 47.9 Å². The number of nitrogens with zero attached hydrogens (tertiary/aromatic N) is 1. The maximum atomic E-state index is 13.8. The third-order valence-electron chi connectivity index (χ3n) is 3.80. The largest absolute Gasteiger partial charge is 0.490 e. The zero-order valence-electron chi connectivity index (χ0n) is 15.1. The number of halogens is 2. The fourth-order valence-corrected chi connectivity index (χ4v) is 6.01. The van der Waals surface area contributed by atoms with Crippen LogP contribution in [0.25, 0.3) is 0 Å². The number of aromatic amines is 1. The van der Waals surface area contributed by atoms with Crippen molar-refractivity contribution in [2.45, 2.75) is 24.0 Å². The van der Waals surface area contributed by atoms with Crippen LogP contribution in [0.2, 0.25) is 0 Å². The zero-order chi connectivity index (χ0) is 24.7. The quantitative estimate of drug-likeness (QED) is 0.161. The number of rotatable bonds is 9. The van der Waals surface area contributed by atoms with Gasteiger partial charge in [-0.25, -0.2) is 22.5 Å². The molecule has 1 aromatic rings. The summed E-state index contributed by atoms with van der Waals surface area (Å²) in [6.07, 6.45) is -5.26. The van der Waals surface area contributed by atoms with E-state index in [1.165, 1.54) is 0 Å². The van der Waals surface area contributed by atoms with Gasteiger partial charge in [0.05, 0.1) is 6.61 Å². The van der Waals surface area contributed by atoms with E-state index in [9.17, 15) is 37.6 Å². The first-order chi connectivity index (χ1) is 14.4. The summed E-state index contributed by atoms with van der Waals surface area (Å²) in [6.45, 7) is -2.88. The molecule has 0 radical (unpaired) electrons. The molecule has 0 saturated carbocycles. The number of aliphatic hydroxyl groups excluding tert-OH is 1. The molecule has 1 aliphatic heterocycles. The first-order valence-corrected chi connectivity index (χ1v) is 13.2. The second-order valence-corrected chi connectivity index (χ2v) is 11.3. The first kappa shape index (κ1) is 27.9. The number of alkyl halides is 1. The second kappa shape index (κ2) is 9.73. The summed E-state index contributed by atoms with van der Waals surface area (Å²) >= 11 is 9.53. The molecule has 3 unspecified atom stereocenters. The molecule has 32 heavy (non-hydrogen) atoms. The summed E-state index contributed by atoms with van der Waals surface area (Å²) in [5.74, 6) is -1.05. The van der Waals surface area contributed by atoms with Gasteiger partial charge in [0.25, 0.3) is 0 Å².